The van der Waals surface area contributed by atoms with Crippen molar-refractivity contribution in [3.05, 3.63) is 77.0 Å². The van der Waals surface area contributed by atoms with E-state index in [4.69, 9.17) is 9.15 Å². The Bertz CT molecular complexity index is 1110. The molecule has 0 saturated heterocycles. The number of nitrogens with zero attached hydrogens (tertiary/aromatic N) is 1. The molecule has 1 N–H and O–H groups in total. The Kier molecular flexibility index (Phi) is 5.27. The fraction of sp³-hybridized carbons (Fsp3) is 0.261. The number of esters is 1. The van der Waals surface area contributed by atoms with Crippen molar-refractivity contribution in [3.8, 4) is 0 Å². The standard InChI is InChI=1S/C23H22N2O5/c1-14-12-18(15(2)25(14)16-9-10-16)20(26)13-30-23(28)17-6-3-4-7-19(17)24-22(27)21-8-5-11-29-21/h3-8,11-12,16H,9-10,13H2,1-2H3,(H,24,27). The van der Waals surface area contributed by atoms with Gasteiger partial charge in [-0.05, 0) is 57.0 Å². The third-order valence-electron chi connectivity index (χ3n) is 5.17. The van der Waals surface area contributed by atoms with Crippen molar-refractivity contribution in [1.29, 1.82) is 0 Å². The van der Waals surface area contributed by atoms with Gasteiger partial charge >= 0.3 is 5.97 Å². The molecule has 0 radical (unpaired) electrons. The summed E-state index contributed by atoms with van der Waals surface area (Å²) in [5, 5.41) is 2.63. The molecule has 0 unspecified atom stereocenters. The van der Waals surface area contributed by atoms with Gasteiger partial charge in [0.1, 0.15) is 0 Å². The van der Waals surface area contributed by atoms with Gasteiger partial charge in [-0.15, -0.1) is 0 Å². The van der Waals surface area contributed by atoms with E-state index >= 15 is 0 Å². The van der Waals surface area contributed by atoms with Gasteiger partial charge < -0.3 is 19.0 Å². The molecule has 7 heteroatoms. The fourth-order valence-corrected chi connectivity index (χ4v) is 3.60. The van der Waals surface area contributed by atoms with E-state index in [2.05, 4.69) is 9.88 Å². The Balaban J connectivity index is 1.44. The lowest BCUT2D eigenvalue weighted by atomic mass is 10.1. The van der Waals surface area contributed by atoms with Crippen molar-refractivity contribution in [1.82, 2.24) is 4.57 Å². The second-order valence-electron chi connectivity index (χ2n) is 7.36. The zero-order valence-electron chi connectivity index (χ0n) is 16.8. The number of hydrogen-bond donors (Lipinski definition) is 1. The molecule has 2 heterocycles. The molecule has 2 aromatic heterocycles. The molecular weight excluding hydrogens is 384 g/mol. The van der Waals surface area contributed by atoms with Crippen LogP contribution in [0.1, 0.15) is 61.5 Å². The number of benzene rings is 1. The number of anilines is 1. The van der Waals surface area contributed by atoms with Gasteiger partial charge in [-0.1, -0.05) is 12.1 Å². The minimum atomic E-state index is -0.685. The number of Topliss-reactive ketones (excluding diaryl/α,β-unsaturated/α-hetero) is 1. The first-order valence-electron chi connectivity index (χ1n) is 9.78. The third kappa shape index (κ3) is 3.91. The minimum Gasteiger partial charge on any atom is -0.459 e. The number of rotatable bonds is 7. The highest BCUT2D eigenvalue weighted by molar-refractivity contribution is 6.07. The molecule has 154 valence electrons. The van der Waals surface area contributed by atoms with Crippen LogP contribution in [0.5, 0.6) is 0 Å². The van der Waals surface area contributed by atoms with Gasteiger partial charge in [-0.3, -0.25) is 9.59 Å². The quantitative estimate of drug-likeness (QED) is 0.466. The average molecular weight is 406 g/mol. The number of furan rings is 1. The predicted molar refractivity (Wildman–Crippen MR) is 110 cm³/mol. The van der Waals surface area contributed by atoms with Crippen molar-refractivity contribution in [2.45, 2.75) is 32.7 Å². The number of carbonyl (C=O) groups is 3. The van der Waals surface area contributed by atoms with Gasteiger partial charge in [0.15, 0.2) is 12.4 Å². The Labute approximate surface area is 173 Å². The predicted octanol–water partition coefficient (Wildman–Crippen LogP) is 4.32. The van der Waals surface area contributed by atoms with Crippen molar-refractivity contribution in [2.75, 3.05) is 11.9 Å². The maximum Gasteiger partial charge on any atom is 0.340 e. The first kappa shape index (κ1) is 19.7. The van der Waals surface area contributed by atoms with Gasteiger partial charge in [0, 0.05) is 23.0 Å². The van der Waals surface area contributed by atoms with Crippen LogP contribution < -0.4 is 5.32 Å². The zero-order valence-corrected chi connectivity index (χ0v) is 16.8. The van der Waals surface area contributed by atoms with E-state index in [0.717, 1.165) is 24.2 Å². The van der Waals surface area contributed by atoms with Crippen molar-refractivity contribution >= 4 is 23.3 Å². The van der Waals surface area contributed by atoms with Crippen LogP contribution in [-0.4, -0.2) is 28.8 Å². The van der Waals surface area contributed by atoms with Crippen LogP contribution in [0.2, 0.25) is 0 Å². The smallest absolute Gasteiger partial charge is 0.340 e. The van der Waals surface area contributed by atoms with E-state index < -0.39 is 11.9 Å². The van der Waals surface area contributed by atoms with E-state index in [1.165, 1.54) is 18.4 Å². The lowest BCUT2D eigenvalue weighted by Gasteiger charge is -2.10. The molecule has 1 saturated carbocycles. The van der Waals surface area contributed by atoms with Crippen LogP contribution in [-0.2, 0) is 4.74 Å². The summed E-state index contributed by atoms with van der Waals surface area (Å²) in [6, 6.07) is 11.9. The summed E-state index contributed by atoms with van der Waals surface area (Å²) in [7, 11) is 0. The Hall–Kier alpha value is -3.61. The minimum absolute atomic E-state index is 0.124. The number of para-hydroxylation sites is 1. The van der Waals surface area contributed by atoms with E-state index in [-0.39, 0.29) is 29.4 Å². The van der Waals surface area contributed by atoms with Gasteiger partial charge in [0.25, 0.3) is 5.91 Å². The summed E-state index contributed by atoms with van der Waals surface area (Å²) in [6.45, 7) is 3.53. The molecule has 1 aromatic carbocycles. The summed E-state index contributed by atoms with van der Waals surface area (Å²) in [6.07, 6.45) is 3.64. The number of aromatic nitrogens is 1. The van der Waals surface area contributed by atoms with Crippen molar-refractivity contribution in [2.24, 2.45) is 0 Å². The fourth-order valence-electron chi connectivity index (χ4n) is 3.60. The van der Waals surface area contributed by atoms with Crippen LogP contribution in [0.15, 0.2) is 53.1 Å². The maximum absolute atomic E-state index is 12.7. The van der Waals surface area contributed by atoms with Crippen LogP contribution in [0, 0.1) is 13.8 Å². The molecule has 0 aliphatic heterocycles. The molecule has 0 spiro atoms. The molecule has 0 bridgehead atoms. The Morgan fingerprint density at radius 2 is 1.87 bits per heavy atom. The first-order valence-corrected chi connectivity index (χ1v) is 9.78. The van der Waals surface area contributed by atoms with Crippen LogP contribution in [0.25, 0.3) is 0 Å². The zero-order chi connectivity index (χ0) is 21.3. The molecule has 7 nitrogen and oxygen atoms in total. The number of aryl methyl sites for hydroxylation is 1. The van der Waals surface area contributed by atoms with Crippen LogP contribution >= 0.6 is 0 Å². The van der Waals surface area contributed by atoms with Crippen molar-refractivity contribution < 1.29 is 23.5 Å². The average Bonchev–Trinajstić information content (AvgIpc) is 3.30. The maximum atomic E-state index is 12.7. The number of nitrogens with one attached hydrogen (secondary N) is 1. The SMILES string of the molecule is Cc1cc(C(=O)COC(=O)c2ccccc2NC(=O)c2ccco2)c(C)n1C1CC1. The second kappa shape index (κ2) is 8.02. The molecule has 1 fully saturated rings. The lowest BCUT2D eigenvalue weighted by Crippen LogP contribution is -2.18. The number of amides is 1. The van der Waals surface area contributed by atoms with E-state index in [1.807, 2.05) is 19.9 Å². The molecular formula is C23H22N2O5. The number of carbonyl (C=O) groups excluding carboxylic acids is 3. The summed E-state index contributed by atoms with van der Waals surface area (Å²) in [5.41, 5.74) is 2.96. The molecule has 0 atom stereocenters. The topological polar surface area (TPSA) is 90.5 Å². The van der Waals surface area contributed by atoms with Gasteiger partial charge in [-0.2, -0.15) is 0 Å². The normalized spacial score (nSPS) is 13.1. The number of ether oxygens (including phenoxy) is 1. The van der Waals surface area contributed by atoms with Crippen LogP contribution in [0.3, 0.4) is 0 Å². The third-order valence-corrected chi connectivity index (χ3v) is 5.17. The summed E-state index contributed by atoms with van der Waals surface area (Å²) in [5.74, 6) is -1.29. The summed E-state index contributed by atoms with van der Waals surface area (Å²) >= 11 is 0. The van der Waals surface area contributed by atoms with E-state index in [1.54, 1.807) is 24.3 Å². The number of ketones is 1. The molecule has 1 amide bonds. The molecule has 30 heavy (non-hydrogen) atoms. The second-order valence-corrected chi connectivity index (χ2v) is 7.36. The highest BCUT2D eigenvalue weighted by Gasteiger charge is 2.28. The summed E-state index contributed by atoms with van der Waals surface area (Å²) < 4.78 is 12.5. The highest BCUT2D eigenvalue weighted by Crippen LogP contribution is 2.38. The molecule has 4 rings (SSSR count). The Morgan fingerprint density at radius 3 is 2.57 bits per heavy atom. The first-order chi connectivity index (χ1) is 14.5. The van der Waals surface area contributed by atoms with Crippen molar-refractivity contribution in [3.63, 3.8) is 0 Å². The molecule has 1 aliphatic rings. The van der Waals surface area contributed by atoms with Gasteiger partial charge in [0.2, 0.25) is 5.78 Å². The van der Waals surface area contributed by atoms with E-state index in [0.29, 0.717) is 11.6 Å². The summed E-state index contributed by atoms with van der Waals surface area (Å²) in [4.78, 5) is 37.5. The lowest BCUT2D eigenvalue weighted by molar-refractivity contribution is 0.0475. The highest BCUT2D eigenvalue weighted by atomic mass is 16.5. The largest absolute Gasteiger partial charge is 0.459 e. The Morgan fingerprint density at radius 1 is 1.10 bits per heavy atom. The van der Waals surface area contributed by atoms with E-state index in [9.17, 15) is 14.4 Å². The monoisotopic (exact) mass is 406 g/mol. The van der Waals surface area contributed by atoms with Gasteiger partial charge in [0.05, 0.1) is 17.5 Å². The van der Waals surface area contributed by atoms with Crippen LogP contribution in [0.4, 0.5) is 5.69 Å². The molecule has 1 aliphatic carbocycles. The number of hydrogen-bond acceptors (Lipinski definition) is 5. The molecule has 3 aromatic rings. The van der Waals surface area contributed by atoms with Gasteiger partial charge in [-0.25, -0.2) is 4.79 Å².